The maximum absolute atomic E-state index is 2.75. The number of hydrogen-bond acceptors (Lipinski definition) is 2. The highest BCUT2D eigenvalue weighted by Gasteiger charge is 2.48. The van der Waals surface area contributed by atoms with E-state index in [1.54, 1.807) is 0 Å². The molecule has 3 atom stereocenters. The monoisotopic (exact) mass is 1340 g/mol. The van der Waals surface area contributed by atoms with Gasteiger partial charge in [-0.3, -0.25) is 0 Å². The highest BCUT2D eigenvalue weighted by atomic mass is 15.2. The molecule has 104 heavy (non-hydrogen) atoms. The fraction of sp³-hybridized carbons (Fsp3) is 0.160. The lowest BCUT2D eigenvalue weighted by atomic mass is 9.33. The molecule has 0 spiro atoms. The molecule has 0 fully saturated rings. The van der Waals surface area contributed by atoms with Crippen molar-refractivity contribution < 1.29 is 0 Å². The molecule has 4 aliphatic carbocycles. The second kappa shape index (κ2) is 24.1. The number of aromatic nitrogens is 1. The molecular formula is C100H84BN3. The summed E-state index contributed by atoms with van der Waals surface area (Å²) in [5, 5.41) is 2.47. The molecule has 1 aromatic heterocycles. The zero-order valence-electron chi connectivity index (χ0n) is 60.9. The van der Waals surface area contributed by atoms with Gasteiger partial charge in [0.25, 0.3) is 6.71 Å². The van der Waals surface area contributed by atoms with Crippen molar-refractivity contribution in [3.8, 4) is 61.3 Å². The molecule has 4 heteroatoms. The molecule has 3 unspecified atom stereocenters. The third kappa shape index (κ3) is 10.3. The van der Waals surface area contributed by atoms with E-state index in [-0.39, 0.29) is 28.9 Å². The summed E-state index contributed by atoms with van der Waals surface area (Å²) in [5.41, 5.74) is 36.6. The minimum absolute atomic E-state index is 0.0101. The number of benzene rings is 12. The Morgan fingerprint density at radius 1 is 0.365 bits per heavy atom. The Kier molecular flexibility index (Phi) is 14.7. The standard InChI is InChI=1S/C100H84BN3/c1-98(2,3)73-49-46-63(47-50-73)71-59-91-95-92(60-71)104(97-79(66-32-18-12-19-33-66)40-27-41-80(97)67-34-20-13-21-35-67)90-62-76(102-87-42-24-22-36-81(87)82-37-23-25-43-88(82)102)51-53-86(90)101(95)85-52-48-68(58-89(85)103(91)96-77(64-28-14-10-15-29-64)38-26-39-78(96)65-30-16-11-17-31-65)83-57-72-56-74(99(4,5)6)54-69-44-45-70-55-75(100(7,8)9)61-84(83)94(70)93(69)72/h10-54,56-62,70,93-94H,55H2,1-9H3. The topological polar surface area (TPSA) is 11.4 Å². The van der Waals surface area contributed by atoms with E-state index >= 15 is 0 Å². The van der Waals surface area contributed by atoms with Crippen LogP contribution in [0.5, 0.6) is 0 Å². The Morgan fingerprint density at radius 3 is 1.34 bits per heavy atom. The van der Waals surface area contributed by atoms with Crippen LogP contribution in [0, 0.1) is 28.6 Å². The molecule has 13 aromatic rings. The summed E-state index contributed by atoms with van der Waals surface area (Å²) < 4.78 is 2.51. The zero-order chi connectivity index (χ0) is 70.5. The fourth-order valence-corrected chi connectivity index (χ4v) is 18.3. The van der Waals surface area contributed by atoms with Gasteiger partial charge in [0.15, 0.2) is 0 Å². The first-order chi connectivity index (χ1) is 50.5. The Bertz CT molecular complexity index is 5710. The van der Waals surface area contributed by atoms with Crippen molar-refractivity contribution in [2.45, 2.75) is 74.1 Å². The molecule has 2 aliphatic heterocycles. The third-order valence-electron chi connectivity index (χ3n) is 23.5. The molecule has 0 saturated carbocycles. The first-order valence-corrected chi connectivity index (χ1v) is 37.4. The van der Waals surface area contributed by atoms with Gasteiger partial charge in [0.1, 0.15) is 0 Å². The number of hydrogen-bond donors (Lipinski definition) is 0. The van der Waals surface area contributed by atoms with Crippen molar-refractivity contribution >= 4 is 84.6 Å². The summed E-state index contributed by atoms with van der Waals surface area (Å²) in [6.45, 7) is 21.1. The van der Waals surface area contributed by atoms with Crippen molar-refractivity contribution in [3.63, 3.8) is 0 Å². The predicted octanol–water partition coefficient (Wildman–Crippen LogP) is 24.9. The molecular weight excluding hydrogens is 1250 g/mol. The quantitative estimate of drug-likeness (QED) is 0.133. The van der Waals surface area contributed by atoms with E-state index in [1.807, 2.05) is 0 Å². The van der Waals surface area contributed by atoms with E-state index in [2.05, 4.69) is 392 Å². The molecule has 19 rings (SSSR count). The number of allylic oxidation sites excluding steroid dienone is 12. The van der Waals surface area contributed by atoms with Gasteiger partial charge in [0.05, 0.1) is 22.4 Å². The number of nitrogens with zero attached hydrogens (tertiary/aromatic N) is 3. The minimum Gasteiger partial charge on any atom is -0.310 e. The maximum atomic E-state index is 2.75. The van der Waals surface area contributed by atoms with E-state index in [0.29, 0.717) is 11.8 Å². The summed E-state index contributed by atoms with van der Waals surface area (Å²) in [6, 6.07) is 106. The van der Waals surface area contributed by atoms with Crippen molar-refractivity contribution in [3.05, 3.63) is 355 Å². The number of anilines is 6. The van der Waals surface area contributed by atoms with Crippen molar-refractivity contribution in [1.29, 1.82) is 0 Å². The third-order valence-corrected chi connectivity index (χ3v) is 23.5. The largest absolute Gasteiger partial charge is 0.310 e. The van der Waals surface area contributed by atoms with Crippen LogP contribution in [0.1, 0.15) is 79.9 Å². The van der Waals surface area contributed by atoms with Crippen molar-refractivity contribution in [2.75, 3.05) is 9.80 Å². The molecule has 502 valence electrons. The van der Waals surface area contributed by atoms with Crippen LogP contribution in [0.4, 0.5) is 34.1 Å². The molecule has 0 saturated heterocycles. The normalized spacial score (nSPS) is 17.2. The van der Waals surface area contributed by atoms with E-state index < -0.39 is 0 Å². The predicted molar refractivity (Wildman–Crippen MR) is 443 cm³/mol. The molecule has 0 amide bonds. The van der Waals surface area contributed by atoms with Crippen molar-refractivity contribution in [1.82, 2.24) is 4.57 Å². The van der Waals surface area contributed by atoms with Gasteiger partial charge in [-0.2, -0.15) is 0 Å². The highest BCUT2D eigenvalue weighted by Crippen LogP contribution is 2.59. The van der Waals surface area contributed by atoms with Gasteiger partial charge >= 0.3 is 0 Å². The van der Waals surface area contributed by atoms with Crippen LogP contribution in [0.3, 0.4) is 0 Å². The number of para-hydroxylation sites is 4. The summed E-state index contributed by atoms with van der Waals surface area (Å²) >= 11 is 0. The summed E-state index contributed by atoms with van der Waals surface area (Å²) in [7, 11) is 0. The Balaban J connectivity index is 0.979. The lowest BCUT2D eigenvalue weighted by Crippen LogP contribution is -2.61. The van der Waals surface area contributed by atoms with Gasteiger partial charge in [-0.1, -0.05) is 341 Å². The molecule has 0 bridgehead atoms. The van der Waals surface area contributed by atoms with Gasteiger partial charge in [0, 0.05) is 73.3 Å². The Morgan fingerprint density at radius 2 is 0.837 bits per heavy atom. The molecule has 3 nitrogen and oxygen atoms in total. The van der Waals surface area contributed by atoms with Crippen LogP contribution < -0.4 is 26.2 Å². The van der Waals surface area contributed by atoms with E-state index in [0.717, 1.165) is 96.2 Å². The van der Waals surface area contributed by atoms with Crippen LogP contribution in [0.15, 0.2) is 343 Å². The molecule has 6 aliphatic rings. The van der Waals surface area contributed by atoms with Gasteiger partial charge in [-0.05, 0) is 160 Å². The second-order valence-corrected chi connectivity index (χ2v) is 32.8. The van der Waals surface area contributed by atoms with E-state index in [9.17, 15) is 0 Å². The first-order valence-electron chi connectivity index (χ1n) is 37.4. The first kappa shape index (κ1) is 63.5. The minimum atomic E-state index is -0.228. The van der Waals surface area contributed by atoms with Crippen molar-refractivity contribution in [2.24, 2.45) is 28.6 Å². The number of fused-ring (bicyclic) bond motifs is 7. The summed E-state index contributed by atoms with van der Waals surface area (Å²) in [6.07, 6.45) is 16.5. The molecule has 0 N–H and O–H groups in total. The van der Waals surface area contributed by atoms with Crippen LogP contribution >= 0.6 is 0 Å². The average molecular weight is 1340 g/mol. The maximum Gasteiger partial charge on any atom is 0.252 e. The zero-order valence-corrected chi connectivity index (χ0v) is 60.9. The van der Waals surface area contributed by atoms with Crippen LogP contribution in [0.25, 0.3) is 88.7 Å². The highest BCUT2D eigenvalue weighted by molar-refractivity contribution is 7.00. The van der Waals surface area contributed by atoms with Crippen LogP contribution in [0.2, 0.25) is 0 Å². The van der Waals surface area contributed by atoms with E-state index in [4.69, 9.17) is 0 Å². The second-order valence-electron chi connectivity index (χ2n) is 32.8. The molecule has 3 heterocycles. The summed E-state index contributed by atoms with van der Waals surface area (Å²) in [4.78, 5) is 5.45. The van der Waals surface area contributed by atoms with E-state index in [1.165, 1.54) is 88.4 Å². The average Bonchev–Trinajstić information content (AvgIpc) is 0.917. The molecule has 0 radical (unpaired) electrons. The van der Waals surface area contributed by atoms with Crippen LogP contribution in [-0.2, 0) is 5.41 Å². The lowest BCUT2D eigenvalue weighted by molar-refractivity contribution is 0.329. The smallest absolute Gasteiger partial charge is 0.252 e. The van der Waals surface area contributed by atoms with Gasteiger partial charge in [-0.25, -0.2) is 0 Å². The van der Waals surface area contributed by atoms with Gasteiger partial charge in [-0.15, -0.1) is 0 Å². The molecule has 12 aromatic carbocycles. The Labute approximate surface area is 613 Å². The number of rotatable bonds is 9. The lowest BCUT2D eigenvalue weighted by Gasteiger charge is -2.48. The van der Waals surface area contributed by atoms with Gasteiger partial charge < -0.3 is 14.4 Å². The summed E-state index contributed by atoms with van der Waals surface area (Å²) in [5.74, 6) is 0.966. The Hall–Kier alpha value is -11.5. The SMILES string of the molecule is CC(C)(C)C1=CC2=CC(c3ccc4c(c3)N(c3c(-c5ccccc5)cccc3-c3ccccc3)c3cc(-c5ccc(C(C)(C)C)cc5)cc5c3B4c3ccc(-n4c6ccccc6c6ccccc64)cc3N5c3c(-c4ccccc4)cccc3-c3ccccc3)=C3C=C(C(C)(C)C)CC4C=CC(=C1)C2C34. The van der Waals surface area contributed by atoms with Gasteiger partial charge in [0.2, 0.25) is 0 Å². The van der Waals surface area contributed by atoms with Crippen LogP contribution in [-0.4, -0.2) is 11.3 Å². The fourth-order valence-electron chi connectivity index (χ4n) is 18.3.